The minimum Gasteiger partial charge on any atom is -0.303 e. The lowest BCUT2D eigenvalue weighted by atomic mass is 10.1. The summed E-state index contributed by atoms with van der Waals surface area (Å²) in [5.74, 6) is 0. The first-order valence-electron chi connectivity index (χ1n) is 8.38. The zero-order valence-corrected chi connectivity index (χ0v) is 15.5. The van der Waals surface area contributed by atoms with Gasteiger partial charge >= 0.3 is 0 Å². The molecule has 1 aliphatic heterocycles. The molecule has 1 heterocycles. The first-order chi connectivity index (χ1) is 10.9. The molecule has 1 aromatic carbocycles. The van der Waals surface area contributed by atoms with Crippen LogP contribution in [0.25, 0.3) is 0 Å². The van der Waals surface area contributed by atoms with Crippen molar-refractivity contribution in [2.45, 2.75) is 37.6 Å². The van der Waals surface area contributed by atoms with Gasteiger partial charge in [0.05, 0.1) is 4.90 Å². The first-order valence-corrected chi connectivity index (χ1v) is 9.86. The van der Waals surface area contributed by atoms with E-state index in [1.54, 1.807) is 0 Å². The topological polar surface area (TPSA) is 52.7 Å². The van der Waals surface area contributed by atoms with Crippen LogP contribution < -0.4 is 4.72 Å². The van der Waals surface area contributed by atoms with Crippen molar-refractivity contribution in [3.8, 4) is 0 Å². The van der Waals surface area contributed by atoms with E-state index in [1.165, 1.54) is 0 Å². The van der Waals surface area contributed by atoms with Crippen LogP contribution in [-0.4, -0.2) is 64.5 Å². The summed E-state index contributed by atoms with van der Waals surface area (Å²) in [7, 11) is 0.657. The Morgan fingerprint density at radius 1 is 1.13 bits per heavy atom. The fourth-order valence-electron chi connectivity index (χ4n) is 3.14. The predicted molar refractivity (Wildman–Crippen MR) is 94.3 cm³/mol. The lowest BCUT2D eigenvalue weighted by Crippen LogP contribution is -2.54. The van der Waals surface area contributed by atoms with E-state index in [1.807, 2.05) is 32.0 Å². The normalized spacial score (nSPS) is 20.8. The van der Waals surface area contributed by atoms with Crippen molar-refractivity contribution in [2.75, 3.05) is 40.3 Å². The minimum atomic E-state index is -3.48. The van der Waals surface area contributed by atoms with Crippen LogP contribution in [0.1, 0.15) is 25.0 Å². The third-order valence-corrected chi connectivity index (χ3v) is 6.31. The molecule has 2 rings (SSSR count). The van der Waals surface area contributed by atoms with Gasteiger partial charge in [-0.25, -0.2) is 13.1 Å². The summed E-state index contributed by atoms with van der Waals surface area (Å²) >= 11 is 0. The number of likely N-dealkylation sites (N-methyl/N-ethyl adjacent to an activating group) is 2. The van der Waals surface area contributed by atoms with E-state index in [0.717, 1.165) is 43.6 Å². The van der Waals surface area contributed by atoms with Gasteiger partial charge in [0.1, 0.15) is 0 Å². The molecule has 6 heteroatoms. The van der Waals surface area contributed by atoms with Crippen LogP contribution in [0.4, 0.5) is 0 Å². The molecular weight excluding hydrogens is 310 g/mol. The quantitative estimate of drug-likeness (QED) is 0.850. The summed E-state index contributed by atoms with van der Waals surface area (Å²) in [6, 6.07) is 5.98. The third kappa shape index (κ3) is 4.32. The van der Waals surface area contributed by atoms with Crippen LogP contribution in [-0.2, 0) is 22.9 Å². The van der Waals surface area contributed by atoms with Crippen LogP contribution >= 0.6 is 0 Å². The van der Waals surface area contributed by atoms with Crippen LogP contribution in [0.2, 0.25) is 0 Å². The SMILES string of the molecule is CCc1cccc(CC)c1S(=O)(=O)NCC1CN(C)CCN1C. The second kappa shape index (κ2) is 7.75. The molecule has 1 aliphatic rings. The highest BCUT2D eigenvalue weighted by molar-refractivity contribution is 7.89. The van der Waals surface area contributed by atoms with Gasteiger partial charge in [-0.05, 0) is 38.1 Å². The molecule has 0 bridgehead atoms. The van der Waals surface area contributed by atoms with E-state index < -0.39 is 10.0 Å². The van der Waals surface area contributed by atoms with E-state index in [-0.39, 0.29) is 6.04 Å². The van der Waals surface area contributed by atoms with Crippen LogP contribution in [0, 0.1) is 0 Å². The Kier molecular flexibility index (Phi) is 6.19. The second-order valence-corrected chi connectivity index (χ2v) is 8.06. The molecule has 1 fully saturated rings. The number of hydrogen-bond acceptors (Lipinski definition) is 4. The summed E-state index contributed by atoms with van der Waals surface area (Å²) in [4.78, 5) is 4.96. The first kappa shape index (κ1) is 18.4. The number of hydrogen-bond donors (Lipinski definition) is 1. The average molecular weight is 340 g/mol. The molecule has 1 aromatic rings. The highest BCUT2D eigenvalue weighted by Crippen LogP contribution is 2.22. The van der Waals surface area contributed by atoms with Crippen molar-refractivity contribution in [1.82, 2.24) is 14.5 Å². The van der Waals surface area contributed by atoms with Crippen molar-refractivity contribution < 1.29 is 8.42 Å². The van der Waals surface area contributed by atoms with E-state index in [2.05, 4.69) is 28.6 Å². The van der Waals surface area contributed by atoms with Crippen molar-refractivity contribution in [2.24, 2.45) is 0 Å². The Balaban J connectivity index is 2.19. The van der Waals surface area contributed by atoms with Gasteiger partial charge in [0.2, 0.25) is 10.0 Å². The molecule has 0 spiro atoms. The standard InChI is InChI=1S/C17H29N3O2S/c1-5-14-8-7-9-15(6-2)17(14)23(21,22)18-12-16-13-19(3)10-11-20(16)4/h7-9,16,18H,5-6,10-13H2,1-4H3. The maximum absolute atomic E-state index is 12.9. The number of nitrogens with zero attached hydrogens (tertiary/aromatic N) is 2. The van der Waals surface area contributed by atoms with Crippen molar-refractivity contribution >= 4 is 10.0 Å². The summed E-state index contributed by atoms with van der Waals surface area (Å²) in [5.41, 5.74) is 1.79. The molecule has 130 valence electrons. The van der Waals surface area contributed by atoms with Gasteiger partial charge in [0.25, 0.3) is 0 Å². The molecule has 23 heavy (non-hydrogen) atoms. The molecule has 0 aromatic heterocycles. The zero-order valence-electron chi connectivity index (χ0n) is 14.7. The average Bonchev–Trinajstić information content (AvgIpc) is 2.54. The highest BCUT2D eigenvalue weighted by Gasteiger charge is 2.26. The van der Waals surface area contributed by atoms with Crippen molar-refractivity contribution in [1.29, 1.82) is 0 Å². The van der Waals surface area contributed by atoms with E-state index in [0.29, 0.717) is 11.4 Å². The number of rotatable bonds is 6. The lowest BCUT2D eigenvalue weighted by molar-refractivity contribution is 0.117. The molecule has 0 saturated carbocycles. The van der Waals surface area contributed by atoms with Crippen molar-refractivity contribution in [3.63, 3.8) is 0 Å². The Labute approximate surface area is 140 Å². The molecule has 1 N–H and O–H groups in total. The molecule has 0 radical (unpaired) electrons. The fourth-order valence-corrected chi connectivity index (χ4v) is 4.81. The van der Waals surface area contributed by atoms with E-state index >= 15 is 0 Å². The van der Waals surface area contributed by atoms with E-state index in [9.17, 15) is 8.42 Å². The summed E-state index contributed by atoms with van der Waals surface area (Å²) in [6.45, 7) is 7.32. The van der Waals surface area contributed by atoms with Crippen LogP contribution in [0.3, 0.4) is 0 Å². The monoisotopic (exact) mass is 339 g/mol. The van der Waals surface area contributed by atoms with Gasteiger partial charge in [-0.1, -0.05) is 32.0 Å². The molecule has 1 unspecified atom stereocenters. The Hall–Kier alpha value is -0.950. The third-order valence-electron chi connectivity index (χ3n) is 4.70. The van der Waals surface area contributed by atoms with E-state index in [4.69, 9.17) is 0 Å². The smallest absolute Gasteiger partial charge is 0.241 e. The Bertz CT molecular complexity index is 608. The predicted octanol–water partition coefficient (Wildman–Crippen LogP) is 1.34. The summed E-state index contributed by atoms with van der Waals surface area (Å²) in [6.07, 6.45) is 1.44. The molecular formula is C17H29N3O2S. The van der Waals surface area contributed by atoms with Gasteiger partial charge in [0, 0.05) is 32.2 Å². The number of aryl methyl sites for hydroxylation is 2. The number of sulfonamides is 1. The Morgan fingerprint density at radius 3 is 2.30 bits per heavy atom. The van der Waals surface area contributed by atoms with Crippen LogP contribution in [0.5, 0.6) is 0 Å². The minimum absolute atomic E-state index is 0.211. The summed E-state index contributed by atoms with van der Waals surface area (Å²) in [5, 5.41) is 0. The van der Waals surface area contributed by atoms with Crippen LogP contribution in [0.15, 0.2) is 23.1 Å². The highest BCUT2D eigenvalue weighted by atomic mass is 32.2. The Morgan fingerprint density at radius 2 is 1.74 bits per heavy atom. The van der Waals surface area contributed by atoms with Gasteiger partial charge in [-0.2, -0.15) is 0 Å². The fraction of sp³-hybridized carbons (Fsp3) is 0.647. The molecule has 1 atom stereocenters. The van der Waals surface area contributed by atoms with Gasteiger partial charge in [-0.15, -0.1) is 0 Å². The second-order valence-electron chi connectivity index (χ2n) is 6.36. The van der Waals surface area contributed by atoms with Gasteiger partial charge < -0.3 is 4.90 Å². The lowest BCUT2D eigenvalue weighted by Gasteiger charge is -2.37. The number of piperazine rings is 1. The van der Waals surface area contributed by atoms with Gasteiger partial charge in [0.15, 0.2) is 0 Å². The maximum atomic E-state index is 12.9. The maximum Gasteiger partial charge on any atom is 0.241 e. The molecule has 5 nitrogen and oxygen atoms in total. The van der Waals surface area contributed by atoms with Crippen molar-refractivity contribution in [3.05, 3.63) is 29.3 Å². The molecule has 1 saturated heterocycles. The number of benzene rings is 1. The zero-order chi connectivity index (χ0) is 17.0. The molecule has 0 aliphatic carbocycles. The van der Waals surface area contributed by atoms with Gasteiger partial charge in [-0.3, -0.25) is 4.90 Å². The largest absolute Gasteiger partial charge is 0.303 e. The molecule has 0 amide bonds. The number of nitrogens with one attached hydrogen (secondary N) is 1. The summed E-state index contributed by atoms with van der Waals surface area (Å²) < 4.78 is 28.6.